The van der Waals surface area contributed by atoms with Gasteiger partial charge in [0, 0.05) is 4.90 Å². The third-order valence-electron chi connectivity index (χ3n) is 6.19. The minimum Gasteiger partial charge on any atom is -0.0959 e. The van der Waals surface area contributed by atoms with E-state index in [9.17, 15) is 0 Å². The highest BCUT2D eigenvalue weighted by Gasteiger charge is 2.53. The van der Waals surface area contributed by atoms with Gasteiger partial charge in [-0.2, -0.15) is 0 Å². The summed E-state index contributed by atoms with van der Waals surface area (Å²) in [5.41, 5.74) is 1.08. The summed E-state index contributed by atoms with van der Waals surface area (Å²) in [6.45, 7) is 18.1. The van der Waals surface area contributed by atoms with Crippen molar-refractivity contribution in [2.45, 2.75) is 127 Å². The van der Waals surface area contributed by atoms with Crippen molar-refractivity contribution >= 4 is 15.8 Å². The molecule has 0 nitrogen and oxygen atoms in total. The molecule has 1 unspecified atom stereocenters. The first-order valence-corrected chi connectivity index (χ1v) is 13.3. The van der Waals surface area contributed by atoms with Gasteiger partial charge in [0.25, 0.3) is 0 Å². The third kappa shape index (κ3) is 4.53. The summed E-state index contributed by atoms with van der Waals surface area (Å²) in [5, 5.41) is 0.965. The van der Waals surface area contributed by atoms with Gasteiger partial charge in [-0.1, -0.05) is 95.9 Å². The fraction of sp³-hybridized carbons (Fsp3) is 1.00. The fourth-order valence-corrected chi connectivity index (χ4v) is 17.6. The maximum Gasteiger partial charge on any atom is 0.0115 e. The second kappa shape index (κ2) is 7.62. The maximum absolute atomic E-state index is 2.74. The summed E-state index contributed by atoms with van der Waals surface area (Å²) in [6.07, 6.45) is 15.2. The zero-order valence-corrected chi connectivity index (χ0v) is 18.8. The lowest BCUT2D eigenvalue weighted by Crippen LogP contribution is -2.42. The van der Waals surface area contributed by atoms with Crippen molar-refractivity contribution in [3.8, 4) is 0 Å². The highest BCUT2D eigenvalue weighted by atomic mass is 31.2. The molecular formula is C21H42P2. The van der Waals surface area contributed by atoms with Gasteiger partial charge < -0.3 is 0 Å². The smallest absolute Gasteiger partial charge is 0.0115 e. The van der Waals surface area contributed by atoms with Crippen molar-refractivity contribution in [3.63, 3.8) is 0 Å². The summed E-state index contributed by atoms with van der Waals surface area (Å²) in [5.74, 6) is 0. The fourth-order valence-electron chi connectivity index (χ4n) is 5.92. The van der Waals surface area contributed by atoms with Gasteiger partial charge in [-0.05, 0) is 48.3 Å². The van der Waals surface area contributed by atoms with E-state index in [4.69, 9.17) is 0 Å². The molecule has 0 amide bonds. The largest absolute Gasteiger partial charge is 0.0959 e. The van der Waals surface area contributed by atoms with Crippen LogP contribution in [0.2, 0.25) is 0 Å². The van der Waals surface area contributed by atoms with Gasteiger partial charge in [0.15, 0.2) is 0 Å². The van der Waals surface area contributed by atoms with E-state index in [-0.39, 0.29) is 15.8 Å². The lowest BCUT2D eigenvalue weighted by molar-refractivity contribution is 0.453. The third-order valence-corrected chi connectivity index (χ3v) is 15.1. The molecule has 0 spiro atoms. The Bertz CT molecular complexity index is 348. The predicted octanol–water partition coefficient (Wildman–Crippen LogP) is 8.17. The molecule has 0 aliphatic heterocycles. The average molecular weight is 357 g/mol. The Morgan fingerprint density at radius 2 is 1.13 bits per heavy atom. The van der Waals surface area contributed by atoms with Crippen molar-refractivity contribution in [2.24, 2.45) is 0 Å². The van der Waals surface area contributed by atoms with Crippen LogP contribution in [0.5, 0.6) is 0 Å². The Labute approximate surface area is 149 Å². The zero-order chi connectivity index (χ0) is 17.3. The Kier molecular flexibility index (Phi) is 6.69. The van der Waals surface area contributed by atoms with Crippen LogP contribution in [-0.4, -0.2) is 27.5 Å². The summed E-state index contributed by atoms with van der Waals surface area (Å²) >= 11 is 0. The molecule has 0 saturated heterocycles. The topological polar surface area (TPSA) is 0 Å². The van der Waals surface area contributed by atoms with E-state index in [2.05, 4.69) is 48.2 Å². The molecule has 2 fully saturated rings. The molecule has 0 aromatic rings. The molecule has 2 aliphatic carbocycles. The quantitative estimate of drug-likeness (QED) is 0.447. The van der Waals surface area contributed by atoms with Gasteiger partial charge in [-0.15, -0.1) is 0 Å². The van der Waals surface area contributed by atoms with Crippen LogP contribution in [0.25, 0.3) is 0 Å². The molecule has 2 aliphatic rings. The average Bonchev–Trinajstić information content (AvgIpc) is 2.45. The summed E-state index contributed by atoms with van der Waals surface area (Å²) < 4.78 is 0. The Morgan fingerprint density at radius 1 is 0.696 bits per heavy atom. The van der Waals surface area contributed by atoms with Crippen molar-refractivity contribution in [2.75, 3.05) is 6.66 Å². The van der Waals surface area contributed by atoms with Gasteiger partial charge in [0.1, 0.15) is 0 Å². The number of hydrogen-bond acceptors (Lipinski definition) is 0. The van der Waals surface area contributed by atoms with Gasteiger partial charge >= 0.3 is 0 Å². The maximum atomic E-state index is 2.74. The van der Waals surface area contributed by atoms with Gasteiger partial charge in [0.2, 0.25) is 0 Å². The van der Waals surface area contributed by atoms with Gasteiger partial charge in [-0.25, -0.2) is 0 Å². The summed E-state index contributed by atoms with van der Waals surface area (Å²) in [4.78, 5) is 0.710. The van der Waals surface area contributed by atoms with Crippen LogP contribution >= 0.6 is 15.8 Å². The van der Waals surface area contributed by atoms with E-state index in [1.807, 2.05) is 0 Å². The molecule has 1 atom stereocenters. The Hall–Kier alpha value is 0.860. The van der Waals surface area contributed by atoms with Gasteiger partial charge in [0.05, 0.1) is 0 Å². The molecular weight excluding hydrogens is 314 g/mol. The van der Waals surface area contributed by atoms with Crippen molar-refractivity contribution in [1.82, 2.24) is 0 Å². The van der Waals surface area contributed by atoms with Gasteiger partial charge in [-0.3, -0.25) is 0 Å². The van der Waals surface area contributed by atoms with Crippen molar-refractivity contribution < 1.29 is 0 Å². The first-order valence-electron chi connectivity index (χ1n) is 10.1. The minimum atomic E-state index is 0.0194. The highest BCUT2D eigenvalue weighted by molar-refractivity contribution is 7.78. The Morgan fingerprint density at radius 3 is 1.57 bits per heavy atom. The molecule has 0 aromatic heterocycles. The summed E-state index contributed by atoms with van der Waals surface area (Å²) in [6, 6.07) is 0. The van der Waals surface area contributed by atoms with Crippen LogP contribution in [0.3, 0.4) is 0 Å². The number of rotatable bonds is 3. The lowest BCUT2D eigenvalue weighted by atomic mass is 9.99. The van der Waals surface area contributed by atoms with E-state index in [0.717, 1.165) is 5.66 Å². The SMILES string of the molecule is CP(C1CCCCC1)C1(P(C(C)(C)C)C(C)(C)C)CCCCC1. The lowest BCUT2D eigenvalue weighted by Gasteiger charge is -2.60. The molecule has 2 saturated carbocycles. The van der Waals surface area contributed by atoms with Crippen LogP contribution in [0, 0.1) is 0 Å². The molecule has 0 N–H and O–H groups in total. The molecule has 2 rings (SSSR count). The number of hydrogen-bond donors (Lipinski definition) is 0. The van der Waals surface area contributed by atoms with Crippen LogP contribution in [0.1, 0.15) is 106 Å². The highest BCUT2D eigenvalue weighted by Crippen LogP contribution is 2.81. The van der Waals surface area contributed by atoms with E-state index in [0.29, 0.717) is 15.2 Å². The molecule has 0 radical (unpaired) electrons. The minimum absolute atomic E-state index is 0.0194. The molecule has 136 valence electrons. The molecule has 23 heavy (non-hydrogen) atoms. The van der Waals surface area contributed by atoms with Crippen LogP contribution in [0.4, 0.5) is 0 Å². The van der Waals surface area contributed by atoms with Crippen LogP contribution in [-0.2, 0) is 0 Å². The zero-order valence-electron chi connectivity index (χ0n) is 17.0. The normalized spacial score (nSPS) is 25.6. The van der Waals surface area contributed by atoms with E-state index in [1.165, 1.54) is 38.5 Å². The summed E-state index contributed by atoms with van der Waals surface area (Å²) in [7, 11) is 0.179. The molecule has 0 aromatic carbocycles. The van der Waals surface area contributed by atoms with E-state index in [1.54, 1.807) is 25.7 Å². The molecule has 0 bridgehead atoms. The van der Waals surface area contributed by atoms with Crippen molar-refractivity contribution in [1.29, 1.82) is 0 Å². The molecule has 0 heterocycles. The molecule has 2 heteroatoms. The monoisotopic (exact) mass is 356 g/mol. The predicted molar refractivity (Wildman–Crippen MR) is 112 cm³/mol. The van der Waals surface area contributed by atoms with Crippen molar-refractivity contribution in [3.05, 3.63) is 0 Å². The van der Waals surface area contributed by atoms with Crippen LogP contribution in [0.15, 0.2) is 0 Å². The van der Waals surface area contributed by atoms with E-state index < -0.39 is 0 Å². The standard InChI is InChI=1S/C21H42P2/c1-19(2,3)23(20(4,5)6)21(16-12-9-13-17-21)22(7)18-14-10-8-11-15-18/h18H,8-17H2,1-7H3. The first kappa shape index (κ1) is 20.2. The Balaban J connectivity index is 2.40. The second-order valence-corrected chi connectivity index (χ2v) is 17.5. The second-order valence-electron chi connectivity index (χ2n) is 10.1. The first-order chi connectivity index (χ1) is 10.6. The van der Waals surface area contributed by atoms with E-state index >= 15 is 0 Å². The van der Waals surface area contributed by atoms with Crippen LogP contribution < -0.4 is 0 Å².